The third-order valence-electron chi connectivity index (χ3n) is 3.51. The molecule has 4 nitrogen and oxygen atoms in total. The van der Waals surface area contributed by atoms with Gasteiger partial charge in [0.2, 0.25) is 0 Å². The van der Waals surface area contributed by atoms with Gasteiger partial charge in [0.25, 0.3) is 5.91 Å². The molecule has 0 aliphatic heterocycles. The van der Waals surface area contributed by atoms with E-state index >= 15 is 0 Å². The highest BCUT2D eigenvalue weighted by molar-refractivity contribution is 5.85. The van der Waals surface area contributed by atoms with Gasteiger partial charge in [0.15, 0.2) is 18.2 Å². The summed E-state index contributed by atoms with van der Waals surface area (Å²) in [6.45, 7) is 0.888. The van der Waals surface area contributed by atoms with Gasteiger partial charge in [-0.3, -0.25) is 4.79 Å². The van der Waals surface area contributed by atoms with Crippen molar-refractivity contribution < 1.29 is 18.3 Å². The Morgan fingerprint density at radius 3 is 2.44 bits per heavy atom. The molecule has 136 valence electrons. The van der Waals surface area contributed by atoms with Crippen molar-refractivity contribution in [2.45, 2.75) is 6.42 Å². The second kappa shape index (κ2) is 10.6. The molecule has 7 heteroatoms. The molecule has 0 spiro atoms. The maximum atomic E-state index is 13.5. The molecule has 0 saturated carbocycles. The van der Waals surface area contributed by atoms with Gasteiger partial charge in [0.1, 0.15) is 5.82 Å². The fourth-order valence-electron chi connectivity index (χ4n) is 2.25. The van der Waals surface area contributed by atoms with Gasteiger partial charge in [-0.2, -0.15) is 0 Å². The number of hydrogen-bond acceptors (Lipinski definition) is 3. The van der Waals surface area contributed by atoms with Crippen LogP contribution in [0.2, 0.25) is 0 Å². The summed E-state index contributed by atoms with van der Waals surface area (Å²) in [5, 5.41) is 0. The molecule has 0 aromatic heterocycles. The van der Waals surface area contributed by atoms with E-state index in [1.807, 2.05) is 30.3 Å². The lowest BCUT2D eigenvalue weighted by Gasteiger charge is -2.22. The van der Waals surface area contributed by atoms with Crippen LogP contribution >= 0.6 is 12.4 Å². The zero-order chi connectivity index (χ0) is 17.4. The monoisotopic (exact) mass is 370 g/mol. The minimum absolute atomic E-state index is 0. The topological polar surface area (TPSA) is 55.6 Å². The Labute approximate surface area is 152 Å². The van der Waals surface area contributed by atoms with Crippen LogP contribution in [0, 0.1) is 11.6 Å². The lowest BCUT2D eigenvalue weighted by molar-refractivity contribution is -0.133. The lowest BCUT2D eigenvalue weighted by Crippen LogP contribution is -2.39. The molecule has 0 aliphatic rings. The van der Waals surface area contributed by atoms with Crippen molar-refractivity contribution in [1.82, 2.24) is 4.90 Å². The van der Waals surface area contributed by atoms with Gasteiger partial charge in [-0.15, -0.1) is 12.4 Å². The maximum Gasteiger partial charge on any atom is 0.260 e. The van der Waals surface area contributed by atoms with Crippen LogP contribution in [-0.2, 0) is 11.2 Å². The Morgan fingerprint density at radius 1 is 1.08 bits per heavy atom. The van der Waals surface area contributed by atoms with Gasteiger partial charge < -0.3 is 15.4 Å². The molecule has 0 unspecified atom stereocenters. The van der Waals surface area contributed by atoms with E-state index in [2.05, 4.69) is 0 Å². The average molecular weight is 371 g/mol. The summed E-state index contributed by atoms with van der Waals surface area (Å²) >= 11 is 0. The number of carbonyl (C=O) groups is 1. The Morgan fingerprint density at radius 2 is 1.80 bits per heavy atom. The van der Waals surface area contributed by atoms with Crippen molar-refractivity contribution in [3.05, 3.63) is 65.7 Å². The van der Waals surface area contributed by atoms with Crippen LogP contribution in [0.4, 0.5) is 8.78 Å². The molecule has 0 aliphatic carbocycles. The lowest BCUT2D eigenvalue weighted by atomic mass is 10.1. The number of ether oxygens (including phenoxy) is 1. The van der Waals surface area contributed by atoms with Crippen LogP contribution in [0.1, 0.15) is 5.56 Å². The molecular weight excluding hydrogens is 350 g/mol. The highest BCUT2D eigenvalue weighted by Crippen LogP contribution is 2.17. The van der Waals surface area contributed by atoms with E-state index in [9.17, 15) is 13.6 Å². The fourth-order valence-corrected chi connectivity index (χ4v) is 2.25. The van der Waals surface area contributed by atoms with Crippen LogP contribution in [0.15, 0.2) is 48.5 Å². The summed E-state index contributed by atoms with van der Waals surface area (Å²) in [7, 11) is 0. The zero-order valence-corrected chi connectivity index (χ0v) is 14.5. The van der Waals surface area contributed by atoms with Crippen LogP contribution in [0.3, 0.4) is 0 Å². The van der Waals surface area contributed by atoms with Gasteiger partial charge in [-0.1, -0.05) is 30.3 Å². The minimum atomic E-state index is -0.836. The van der Waals surface area contributed by atoms with Crippen molar-refractivity contribution in [1.29, 1.82) is 0 Å². The van der Waals surface area contributed by atoms with Crippen molar-refractivity contribution in [3.63, 3.8) is 0 Å². The summed E-state index contributed by atoms with van der Waals surface area (Å²) < 4.78 is 31.5. The van der Waals surface area contributed by atoms with E-state index in [0.717, 1.165) is 17.7 Å². The number of hydrogen-bond donors (Lipinski definition) is 1. The molecule has 2 rings (SSSR count). The zero-order valence-electron chi connectivity index (χ0n) is 13.7. The number of benzene rings is 2. The fraction of sp³-hybridized carbons (Fsp3) is 0.278. The van der Waals surface area contributed by atoms with Crippen molar-refractivity contribution in [3.8, 4) is 5.75 Å². The van der Waals surface area contributed by atoms with Crippen LogP contribution in [-0.4, -0.2) is 37.0 Å². The van der Waals surface area contributed by atoms with E-state index in [4.69, 9.17) is 10.5 Å². The molecule has 0 saturated heterocycles. The average Bonchev–Trinajstić information content (AvgIpc) is 2.58. The number of nitrogens with zero attached hydrogens (tertiary/aromatic N) is 1. The normalized spacial score (nSPS) is 10.0. The van der Waals surface area contributed by atoms with E-state index in [1.165, 1.54) is 0 Å². The molecular formula is C18H21ClF2N2O2. The summed E-state index contributed by atoms with van der Waals surface area (Å²) in [6.07, 6.45) is 0.692. The largest absolute Gasteiger partial charge is 0.481 e. The molecule has 0 radical (unpaired) electrons. The standard InChI is InChI=1S/C18H20F2N2O2.ClH/c19-15-6-7-17(16(20)12-15)24-13-18(23)22(11-9-21)10-8-14-4-2-1-3-5-14;/h1-7,12H,8-11,13,21H2;1H. The number of carbonyl (C=O) groups excluding carboxylic acids is 1. The minimum Gasteiger partial charge on any atom is -0.481 e. The maximum absolute atomic E-state index is 13.5. The quantitative estimate of drug-likeness (QED) is 0.777. The Hall–Kier alpha value is -2.18. The number of halogens is 3. The molecule has 2 aromatic rings. The number of nitrogens with two attached hydrogens (primary N) is 1. The third-order valence-corrected chi connectivity index (χ3v) is 3.51. The Kier molecular flexibility index (Phi) is 8.88. The van der Waals surface area contributed by atoms with E-state index in [0.29, 0.717) is 32.1 Å². The highest BCUT2D eigenvalue weighted by atomic mass is 35.5. The van der Waals surface area contributed by atoms with Gasteiger partial charge in [-0.05, 0) is 24.1 Å². The summed E-state index contributed by atoms with van der Waals surface area (Å²) in [5.41, 5.74) is 6.66. The predicted molar refractivity (Wildman–Crippen MR) is 94.9 cm³/mol. The van der Waals surface area contributed by atoms with Crippen LogP contribution < -0.4 is 10.5 Å². The van der Waals surface area contributed by atoms with E-state index in [1.54, 1.807) is 4.90 Å². The second-order valence-electron chi connectivity index (χ2n) is 5.27. The van der Waals surface area contributed by atoms with E-state index < -0.39 is 11.6 Å². The molecule has 1 amide bonds. The molecule has 2 aromatic carbocycles. The van der Waals surface area contributed by atoms with Gasteiger partial charge in [0, 0.05) is 25.7 Å². The van der Waals surface area contributed by atoms with Crippen molar-refractivity contribution in [2.75, 3.05) is 26.2 Å². The third kappa shape index (κ3) is 6.68. The van der Waals surface area contributed by atoms with Crippen LogP contribution in [0.25, 0.3) is 0 Å². The molecule has 0 atom stereocenters. The van der Waals surface area contributed by atoms with E-state index in [-0.39, 0.29) is 30.7 Å². The van der Waals surface area contributed by atoms with Gasteiger partial charge in [-0.25, -0.2) is 8.78 Å². The first-order valence-corrected chi connectivity index (χ1v) is 7.70. The summed E-state index contributed by atoms with van der Waals surface area (Å²) in [5.74, 6) is -1.98. The van der Waals surface area contributed by atoms with Crippen LogP contribution in [0.5, 0.6) is 5.75 Å². The first kappa shape index (κ1) is 20.9. The number of rotatable bonds is 8. The number of amides is 1. The summed E-state index contributed by atoms with van der Waals surface area (Å²) in [6, 6.07) is 12.7. The Bertz CT molecular complexity index is 671. The molecule has 0 bridgehead atoms. The molecule has 2 N–H and O–H groups in total. The smallest absolute Gasteiger partial charge is 0.260 e. The molecule has 0 heterocycles. The Balaban J connectivity index is 0.00000312. The summed E-state index contributed by atoms with van der Waals surface area (Å²) in [4.78, 5) is 13.8. The first-order valence-electron chi connectivity index (χ1n) is 7.70. The van der Waals surface area contributed by atoms with Crippen molar-refractivity contribution >= 4 is 18.3 Å². The van der Waals surface area contributed by atoms with Gasteiger partial charge >= 0.3 is 0 Å². The SMILES string of the molecule is Cl.NCCN(CCc1ccccc1)C(=O)COc1ccc(F)cc1F. The first-order chi connectivity index (χ1) is 11.6. The predicted octanol–water partition coefficient (Wildman–Crippen LogP) is 2.80. The second-order valence-corrected chi connectivity index (χ2v) is 5.27. The van der Waals surface area contributed by atoms with Crippen molar-refractivity contribution in [2.24, 2.45) is 5.73 Å². The highest BCUT2D eigenvalue weighted by Gasteiger charge is 2.15. The van der Waals surface area contributed by atoms with Gasteiger partial charge in [0.05, 0.1) is 0 Å². The molecule has 25 heavy (non-hydrogen) atoms. The molecule has 0 fully saturated rings.